The van der Waals surface area contributed by atoms with E-state index in [0.717, 1.165) is 39.5 Å². The fourth-order valence-electron chi connectivity index (χ4n) is 3.99. The Morgan fingerprint density at radius 1 is 1.12 bits per heavy atom. The SMILES string of the molecule is Cc1noc(C)c1-c1cnc2c(c1)c(Cc1ccccc1)nn2-c1ccc(C(=O)O)cc1F. The van der Waals surface area contributed by atoms with Gasteiger partial charge in [-0.3, -0.25) is 0 Å². The van der Waals surface area contributed by atoms with Crippen molar-refractivity contribution in [3.63, 3.8) is 0 Å². The zero-order chi connectivity index (χ0) is 23.1. The molecule has 7 nitrogen and oxygen atoms in total. The number of pyridine rings is 1. The van der Waals surface area contributed by atoms with Crippen LogP contribution in [0.4, 0.5) is 4.39 Å². The fraction of sp³-hybridized carbons (Fsp3) is 0.120. The van der Waals surface area contributed by atoms with Gasteiger partial charge < -0.3 is 9.63 Å². The van der Waals surface area contributed by atoms with Crippen LogP contribution >= 0.6 is 0 Å². The zero-order valence-corrected chi connectivity index (χ0v) is 17.9. The molecule has 0 bridgehead atoms. The van der Waals surface area contributed by atoms with E-state index in [2.05, 4.69) is 15.2 Å². The molecule has 0 saturated heterocycles. The summed E-state index contributed by atoms with van der Waals surface area (Å²) < 4.78 is 21.6. The minimum absolute atomic E-state index is 0.127. The summed E-state index contributed by atoms with van der Waals surface area (Å²) in [4.78, 5) is 15.8. The molecule has 33 heavy (non-hydrogen) atoms. The van der Waals surface area contributed by atoms with Crippen molar-refractivity contribution < 1.29 is 18.8 Å². The maximum absolute atomic E-state index is 14.9. The molecular formula is C25H19FN4O3. The normalized spacial score (nSPS) is 11.2. The van der Waals surface area contributed by atoms with Crippen molar-refractivity contribution in [1.29, 1.82) is 0 Å². The number of hydrogen-bond acceptors (Lipinski definition) is 5. The monoisotopic (exact) mass is 442 g/mol. The predicted molar refractivity (Wildman–Crippen MR) is 120 cm³/mol. The van der Waals surface area contributed by atoms with E-state index >= 15 is 0 Å². The van der Waals surface area contributed by atoms with Gasteiger partial charge in [-0.15, -0.1) is 0 Å². The van der Waals surface area contributed by atoms with Crippen molar-refractivity contribution in [2.24, 2.45) is 0 Å². The Hall–Kier alpha value is -4.33. The molecule has 0 spiro atoms. The van der Waals surface area contributed by atoms with Gasteiger partial charge >= 0.3 is 5.97 Å². The summed E-state index contributed by atoms with van der Waals surface area (Å²) in [5, 5.41) is 18.6. The van der Waals surface area contributed by atoms with E-state index in [0.29, 0.717) is 17.8 Å². The largest absolute Gasteiger partial charge is 0.478 e. The number of aryl methyl sites for hydroxylation is 2. The van der Waals surface area contributed by atoms with Gasteiger partial charge in [0.15, 0.2) is 5.65 Å². The predicted octanol–water partition coefficient (Wildman–Crippen LogP) is 5.12. The first kappa shape index (κ1) is 20.6. The molecule has 0 amide bonds. The maximum Gasteiger partial charge on any atom is 0.335 e. The highest BCUT2D eigenvalue weighted by Gasteiger charge is 2.20. The minimum atomic E-state index is -1.20. The maximum atomic E-state index is 14.9. The number of nitrogens with zero attached hydrogens (tertiary/aromatic N) is 4. The first-order valence-electron chi connectivity index (χ1n) is 10.3. The van der Waals surface area contributed by atoms with Gasteiger partial charge in [0, 0.05) is 29.1 Å². The van der Waals surface area contributed by atoms with Crippen molar-refractivity contribution in [1.82, 2.24) is 19.9 Å². The average Bonchev–Trinajstić information content (AvgIpc) is 3.33. The summed E-state index contributed by atoms with van der Waals surface area (Å²) in [6.07, 6.45) is 2.20. The van der Waals surface area contributed by atoms with Crippen LogP contribution in [0.25, 0.3) is 27.8 Å². The van der Waals surface area contributed by atoms with Gasteiger partial charge in [-0.2, -0.15) is 5.10 Å². The van der Waals surface area contributed by atoms with Gasteiger partial charge in [0.1, 0.15) is 17.3 Å². The molecule has 0 radical (unpaired) electrons. The van der Waals surface area contributed by atoms with Crippen molar-refractivity contribution in [3.8, 4) is 16.8 Å². The molecule has 0 atom stereocenters. The highest BCUT2D eigenvalue weighted by atomic mass is 19.1. The van der Waals surface area contributed by atoms with Crippen LogP contribution in [0.2, 0.25) is 0 Å². The van der Waals surface area contributed by atoms with Crippen LogP contribution in [0.15, 0.2) is 65.3 Å². The highest BCUT2D eigenvalue weighted by Crippen LogP contribution is 2.31. The third-order valence-corrected chi connectivity index (χ3v) is 5.56. The molecular weight excluding hydrogens is 423 g/mol. The van der Waals surface area contributed by atoms with Crippen LogP contribution in [0.1, 0.15) is 33.1 Å². The molecule has 3 heterocycles. The van der Waals surface area contributed by atoms with Crippen LogP contribution in [-0.4, -0.2) is 31.0 Å². The quantitative estimate of drug-likeness (QED) is 0.406. The Morgan fingerprint density at radius 2 is 1.91 bits per heavy atom. The molecule has 0 aliphatic heterocycles. The second-order valence-electron chi connectivity index (χ2n) is 7.79. The molecule has 0 aliphatic rings. The van der Waals surface area contributed by atoms with E-state index in [-0.39, 0.29) is 11.3 Å². The van der Waals surface area contributed by atoms with E-state index in [1.165, 1.54) is 16.8 Å². The topological polar surface area (TPSA) is 94.0 Å². The van der Waals surface area contributed by atoms with Gasteiger partial charge in [0.05, 0.1) is 17.0 Å². The lowest BCUT2D eigenvalue weighted by Gasteiger charge is -2.06. The van der Waals surface area contributed by atoms with E-state index in [9.17, 15) is 9.18 Å². The van der Waals surface area contributed by atoms with Gasteiger partial charge in [-0.25, -0.2) is 18.9 Å². The molecule has 3 aromatic heterocycles. The molecule has 1 N–H and O–H groups in total. The van der Waals surface area contributed by atoms with Crippen molar-refractivity contribution >= 4 is 17.0 Å². The Balaban J connectivity index is 1.71. The van der Waals surface area contributed by atoms with Crippen LogP contribution in [0.5, 0.6) is 0 Å². The number of rotatable bonds is 5. The second kappa shape index (κ2) is 7.98. The number of halogens is 1. The lowest BCUT2D eigenvalue weighted by Crippen LogP contribution is -2.04. The first-order valence-corrected chi connectivity index (χ1v) is 10.3. The summed E-state index contributed by atoms with van der Waals surface area (Å²) in [5.41, 5.74) is 4.67. The van der Waals surface area contributed by atoms with Crippen LogP contribution in [-0.2, 0) is 6.42 Å². The fourth-order valence-corrected chi connectivity index (χ4v) is 3.99. The number of benzene rings is 2. The van der Waals surface area contributed by atoms with E-state index in [1.807, 2.05) is 50.2 Å². The number of carboxylic acid groups (broad SMARTS) is 1. The van der Waals surface area contributed by atoms with E-state index in [1.54, 1.807) is 6.20 Å². The first-order chi connectivity index (χ1) is 15.9. The molecule has 5 rings (SSSR count). The zero-order valence-electron chi connectivity index (χ0n) is 17.9. The molecule has 5 aromatic rings. The van der Waals surface area contributed by atoms with Crippen molar-refractivity contribution in [2.75, 3.05) is 0 Å². The summed E-state index contributed by atoms with van der Waals surface area (Å²) in [6.45, 7) is 3.71. The summed E-state index contributed by atoms with van der Waals surface area (Å²) >= 11 is 0. The van der Waals surface area contributed by atoms with Crippen molar-refractivity contribution in [2.45, 2.75) is 20.3 Å². The van der Waals surface area contributed by atoms with Crippen LogP contribution < -0.4 is 0 Å². The number of hydrogen-bond donors (Lipinski definition) is 1. The number of aromatic carboxylic acids is 1. The van der Waals surface area contributed by atoms with Gasteiger partial charge in [-0.1, -0.05) is 35.5 Å². The standard InChI is InChI=1S/C25H19FN4O3/c1-14-23(15(2)33-29-14)18-11-19-21(10-16-6-4-3-5-7-16)28-30(24(19)27-13-18)22-9-8-17(25(31)32)12-20(22)26/h3-9,11-13H,10H2,1-2H3,(H,31,32). The number of fused-ring (bicyclic) bond motifs is 1. The Morgan fingerprint density at radius 3 is 2.58 bits per heavy atom. The second-order valence-corrected chi connectivity index (χ2v) is 7.79. The molecule has 164 valence electrons. The third-order valence-electron chi connectivity index (χ3n) is 5.56. The number of carboxylic acids is 1. The number of carbonyl (C=O) groups is 1. The van der Waals surface area contributed by atoms with Gasteiger partial charge in [0.25, 0.3) is 0 Å². The summed E-state index contributed by atoms with van der Waals surface area (Å²) in [5.74, 6) is -1.21. The van der Waals surface area contributed by atoms with Gasteiger partial charge in [-0.05, 0) is 43.7 Å². The Kier molecular flexibility index (Phi) is 4.97. The van der Waals surface area contributed by atoms with Crippen LogP contribution in [0, 0.1) is 19.7 Å². The van der Waals surface area contributed by atoms with Crippen LogP contribution in [0.3, 0.4) is 0 Å². The third kappa shape index (κ3) is 3.65. The highest BCUT2D eigenvalue weighted by molar-refractivity contribution is 5.88. The van der Waals surface area contributed by atoms with Crippen molar-refractivity contribution in [3.05, 3.63) is 94.9 Å². The van der Waals surface area contributed by atoms with Gasteiger partial charge in [0.2, 0.25) is 0 Å². The minimum Gasteiger partial charge on any atom is -0.478 e. The summed E-state index contributed by atoms with van der Waals surface area (Å²) in [7, 11) is 0. The average molecular weight is 442 g/mol. The molecule has 0 unspecified atom stereocenters. The van der Waals surface area contributed by atoms with E-state index < -0.39 is 11.8 Å². The molecule has 0 aliphatic carbocycles. The molecule has 8 heteroatoms. The lowest BCUT2D eigenvalue weighted by atomic mass is 10.0. The smallest absolute Gasteiger partial charge is 0.335 e. The summed E-state index contributed by atoms with van der Waals surface area (Å²) in [6, 6.07) is 15.5. The lowest BCUT2D eigenvalue weighted by molar-refractivity contribution is 0.0696. The number of aromatic nitrogens is 4. The Bertz CT molecular complexity index is 1490. The molecule has 0 saturated carbocycles. The van der Waals surface area contributed by atoms with E-state index in [4.69, 9.17) is 9.63 Å². The molecule has 0 fully saturated rings. The Labute approximate surface area is 188 Å². The molecule has 2 aromatic carbocycles.